The smallest absolute Gasteiger partial charge is 0.0711 e. The Balaban J connectivity index is 1.73. The van der Waals surface area contributed by atoms with Crippen molar-refractivity contribution in [2.24, 2.45) is 23.7 Å². The predicted molar refractivity (Wildman–Crippen MR) is 47.7 cm³/mol. The van der Waals surface area contributed by atoms with Crippen molar-refractivity contribution >= 4 is 0 Å². The summed E-state index contributed by atoms with van der Waals surface area (Å²) in [6.45, 7) is 2.20. The van der Waals surface area contributed by atoms with Crippen molar-refractivity contribution in [1.29, 1.82) is 0 Å². The molecule has 3 aliphatic carbocycles. The first kappa shape index (κ1) is 7.37. The summed E-state index contributed by atoms with van der Waals surface area (Å²) in [7, 11) is 0. The lowest BCUT2D eigenvalue weighted by atomic mass is 10.0. The summed E-state index contributed by atoms with van der Waals surface area (Å²) in [5.74, 6) is 3.17. The van der Waals surface area contributed by atoms with Crippen LogP contribution in [0.3, 0.4) is 0 Å². The zero-order valence-electron chi connectivity index (χ0n) is 7.79. The van der Waals surface area contributed by atoms with E-state index in [9.17, 15) is 5.11 Å². The summed E-state index contributed by atoms with van der Waals surface area (Å²) in [6.07, 6.45) is 6.74. The third-order valence-corrected chi connectivity index (χ3v) is 4.56. The topological polar surface area (TPSA) is 20.2 Å². The molecule has 4 unspecified atom stereocenters. The second-order valence-corrected chi connectivity index (χ2v) is 5.23. The number of fused-ring (bicyclic) bond motifs is 1. The molecule has 0 aromatic carbocycles. The van der Waals surface area contributed by atoms with E-state index in [4.69, 9.17) is 0 Å². The summed E-state index contributed by atoms with van der Waals surface area (Å²) in [6, 6.07) is 0. The highest BCUT2D eigenvalue weighted by molar-refractivity contribution is 5.17. The molecule has 0 saturated heterocycles. The lowest BCUT2D eigenvalue weighted by molar-refractivity contribution is 0.0993. The lowest BCUT2D eigenvalue weighted by Gasteiger charge is -2.06. The average molecular weight is 166 g/mol. The molecule has 0 heterocycles. The van der Waals surface area contributed by atoms with E-state index < -0.39 is 0 Å². The van der Waals surface area contributed by atoms with Crippen LogP contribution in [-0.4, -0.2) is 10.7 Å². The van der Waals surface area contributed by atoms with E-state index in [1.54, 1.807) is 0 Å². The molecule has 0 aliphatic heterocycles. The lowest BCUT2D eigenvalue weighted by Crippen LogP contribution is -2.15. The van der Waals surface area contributed by atoms with Gasteiger partial charge in [-0.2, -0.15) is 0 Å². The minimum atomic E-state index is -0.195. The van der Waals surface area contributed by atoms with Crippen molar-refractivity contribution in [3.63, 3.8) is 0 Å². The van der Waals surface area contributed by atoms with Crippen LogP contribution in [0.15, 0.2) is 0 Å². The van der Waals surface area contributed by atoms with Gasteiger partial charge in [-0.05, 0) is 42.9 Å². The van der Waals surface area contributed by atoms with Gasteiger partial charge in [-0.15, -0.1) is 0 Å². The summed E-state index contributed by atoms with van der Waals surface area (Å²) in [5.41, 5.74) is -0.195. The summed E-state index contributed by atoms with van der Waals surface area (Å²) in [4.78, 5) is 0. The molecule has 3 saturated carbocycles. The van der Waals surface area contributed by atoms with Gasteiger partial charge in [0, 0.05) is 0 Å². The molecule has 0 amide bonds. The molecule has 0 aromatic heterocycles. The average Bonchev–Trinajstić information content (AvgIpc) is 2.89. The van der Waals surface area contributed by atoms with Gasteiger partial charge in [-0.3, -0.25) is 0 Å². The van der Waals surface area contributed by atoms with Crippen molar-refractivity contribution in [1.82, 2.24) is 0 Å². The molecule has 3 aliphatic rings. The predicted octanol–water partition coefficient (Wildman–Crippen LogP) is 2.19. The molecule has 0 aromatic rings. The van der Waals surface area contributed by atoms with Gasteiger partial charge in [0.15, 0.2) is 0 Å². The highest BCUT2D eigenvalue weighted by atomic mass is 16.3. The first-order valence-electron chi connectivity index (χ1n) is 5.46. The van der Waals surface area contributed by atoms with Gasteiger partial charge in [0.2, 0.25) is 0 Å². The fourth-order valence-corrected chi connectivity index (χ4v) is 3.63. The molecule has 4 atom stereocenters. The molecule has 1 nitrogen and oxygen atoms in total. The van der Waals surface area contributed by atoms with Crippen LogP contribution in [0, 0.1) is 23.7 Å². The molecule has 3 rings (SSSR count). The molecule has 12 heavy (non-hydrogen) atoms. The molecule has 0 bridgehead atoms. The fourth-order valence-electron chi connectivity index (χ4n) is 3.63. The maximum Gasteiger partial charge on any atom is 0.0711 e. The minimum absolute atomic E-state index is 0.195. The number of aliphatic hydroxyl groups is 1. The molecule has 1 heteroatoms. The Labute approximate surface area is 74.2 Å². The molecule has 0 radical (unpaired) electrons. The third-order valence-electron chi connectivity index (χ3n) is 4.56. The molecular weight excluding hydrogens is 148 g/mol. The quantitative estimate of drug-likeness (QED) is 0.633. The zero-order chi connectivity index (χ0) is 8.34. The second-order valence-electron chi connectivity index (χ2n) is 5.23. The molecule has 68 valence electrons. The van der Waals surface area contributed by atoms with E-state index in [-0.39, 0.29) is 5.60 Å². The molecule has 1 N–H and O–H groups in total. The highest BCUT2D eigenvalue weighted by Gasteiger charge is 2.68. The van der Waals surface area contributed by atoms with Crippen molar-refractivity contribution < 1.29 is 5.11 Å². The van der Waals surface area contributed by atoms with Gasteiger partial charge >= 0.3 is 0 Å². The molecule has 0 spiro atoms. The fraction of sp³-hybridized carbons (Fsp3) is 1.00. The maximum absolute atomic E-state index is 10.2. The Morgan fingerprint density at radius 2 is 1.67 bits per heavy atom. The van der Waals surface area contributed by atoms with E-state index in [1.807, 2.05) is 0 Å². The van der Waals surface area contributed by atoms with Crippen LogP contribution in [0.1, 0.15) is 39.0 Å². The van der Waals surface area contributed by atoms with Crippen molar-refractivity contribution in [3.8, 4) is 0 Å². The monoisotopic (exact) mass is 166 g/mol. The number of hydrogen-bond donors (Lipinski definition) is 1. The normalized spacial score (nSPS) is 62.5. The second kappa shape index (κ2) is 2.06. The van der Waals surface area contributed by atoms with E-state index in [1.165, 1.54) is 25.7 Å². The Hall–Kier alpha value is -0.0400. The van der Waals surface area contributed by atoms with Crippen LogP contribution in [-0.2, 0) is 0 Å². The van der Waals surface area contributed by atoms with Crippen molar-refractivity contribution in [3.05, 3.63) is 0 Å². The van der Waals surface area contributed by atoms with E-state index in [0.29, 0.717) is 5.92 Å². The van der Waals surface area contributed by atoms with E-state index in [0.717, 1.165) is 24.2 Å². The highest BCUT2D eigenvalue weighted by Crippen LogP contribution is 2.68. The van der Waals surface area contributed by atoms with Crippen LogP contribution in [0.25, 0.3) is 0 Å². The third kappa shape index (κ3) is 0.783. The van der Waals surface area contributed by atoms with Crippen LogP contribution in [0.4, 0.5) is 0 Å². The Bertz CT molecular complexity index is 201. The first-order valence-corrected chi connectivity index (χ1v) is 5.46. The number of hydrogen-bond acceptors (Lipinski definition) is 1. The van der Waals surface area contributed by atoms with Gasteiger partial charge in [0.25, 0.3) is 0 Å². The van der Waals surface area contributed by atoms with Crippen LogP contribution in [0.2, 0.25) is 0 Å². The zero-order valence-corrected chi connectivity index (χ0v) is 7.79. The maximum atomic E-state index is 10.2. The molecule has 3 fully saturated rings. The summed E-state index contributed by atoms with van der Waals surface area (Å²) >= 11 is 0. The van der Waals surface area contributed by atoms with Crippen molar-refractivity contribution in [2.75, 3.05) is 0 Å². The van der Waals surface area contributed by atoms with Gasteiger partial charge < -0.3 is 5.11 Å². The van der Waals surface area contributed by atoms with E-state index >= 15 is 0 Å². The molecular formula is C11H18O. The Kier molecular flexibility index (Phi) is 1.27. The standard InChI is InChI=1S/C11H18O/c1-7-6-11(7,12)10-8-4-2-3-5-9(8)10/h7-10,12H,2-6H2,1H3. The van der Waals surface area contributed by atoms with Gasteiger partial charge in [0.05, 0.1) is 5.60 Å². The first-order chi connectivity index (χ1) is 5.73. The van der Waals surface area contributed by atoms with Crippen LogP contribution >= 0.6 is 0 Å². The summed E-state index contributed by atoms with van der Waals surface area (Å²) in [5, 5.41) is 10.2. The van der Waals surface area contributed by atoms with Crippen LogP contribution < -0.4 is 0 Å². The van der Waals surface area contributed by atoms with Gasteiger partial charge in [0.1, 0.15) is 0 Å². The number of rotatable bonds is 1. The Morgan fingerprint density at radius 1 is 1.17 bits per heavy atom. The summed E-state index contributed by atoms with van der Waals surface area (Å²) < 4.78 is 0. The van der Waals surface area contributed by atoms with Crippen LogP contribution in [0.5, 0.6) is 0 Å². The SMILES string of the molecule is CC1CC1(O)C1C2CCCCC21. The van der Waals surface area contributed by atoms with Gasteiger partial charge in [-0.1, -0.05) is 19.8 Å². The minimum Gasteiger partial charge on any atom is -0.389 e. The van der Waals surface area contributed by atoms with Crippen molar-refractivity contribution in [2.45, 2.75) is 44.6 Å². The van der Waals surface area contributed by atoms with Gasteiger partial charge in [-0.25, -0.2) is 0 Å². The Morgan fingerprint density at radius 3 is 2.08 bits per heavy atom. The largest absolute Gasteiger partial charge is 0.389 e. The van der Waals surface area contributed by atoms with E-state index in [2.05, 4.69) is 6.92 Å².